The van der Waals surface area contributed by atoms with Gasteiger partial charge >= 0.3 is 0 Å². The average molecular weight is 187 g/mol. The molecule has 1 nitrogen and oxygen atoms in total. The van der Waals surface area contributed by atoms with Crippen LogP contribution in [-0.4, -0.2) is 12.6 Å². The Kier molecular flexibility index (Phi) is 1.88. The summed E-state index contributed by atoms with van der Waals surface area (Å²) in [6.45, 7) is 3.31. The van der Waals surface area contributed by atoms with E-state index in [0.717, 1.165) is 24.4 Å². The van der Waals surface area contributed by atoms with Gasteiger partial charge in [-0.1, -0.05) is 31.2 Å². The molecule has 0 heterocycles. The molecule has 0 radical (unpaired) electrons. The van der Waals surface area contributed by atoms with E-state index in [0.29, 0.717) is 0 Å². The standard InChI is InChI=1S/C13H17N/c1-2-14-13-8-9-7-12(13)11-6-4-3-5-10(9)11/h3-6,9,12-14H,2,7-8H2,1H3/t9-,12-,13-/m1/s1. The lowest BCUT2D eigenvalue weighted by Gasteiger charge is -2.24. The van der Waals surface area contributed by atoms with Gasteiger partial charge in [-0.15, -0.1) is 0 Å². The van der Waals surface area contributed by atoms with E-state index in [-0.39, 0.29) is 0 Å². The predicted molar refractivity (Wildman–Crippen MR) is 58.6 cm³/mol. The molecule has 0 aliphatic heterocycles. The second-order valence-corrected chi connectivity index (χ2v) is 4.57. The van der Waals surface area contributed by atoms with Gasteiger partial charge in [0.05, 0.1) is 0 Å². The van der Waals surface area contributed by atoms with E-state index in [1.165, 1.54) is 12.8 Å². The minimum absolute atomic E-state index is 0.750. The van der Waals surface area contributed by atoms with Crippen LogP contribution in [0, 0.1) is 0 Å². The summed E-state index contributed by atoms with van der Waals surface area (Å²) in [4.78, 5) is 0. The Morgan fingerprint density at radius 3 is 2.79 bits per heavy atom. The summed E-state index contributed by atoms with van der Waals surface area (Å²) < 4.78 is 0. The molecule has 0 unspecified atom stereocenters. The Morgan fingerprint density at radius 1 is 1.21 bits per heavy atom. The van der Waals surface area contributed by atoms with E-state index in [1.807, 2.05) is 0 Å². The third kappa shape index (κ3) is 1.05. The first-order chi connectivity index (χ1) is 6.90. The molecule has 1 fully saturated rings. The van der Waals surface area contributed by atoms with Crippen molar-refractivity contribution in [2.75, 3.05) is 6.54 Å². The minimum atomic E-state index is 0.750. The fourth-order valence-corrected chi connectivity index (χ4v) is 3.34. The van der Waals surface area contributed by atoms with Crippen LogP contribution < -0.4 is 5.32 Å². The largest absolute Gasteiger partial charge is 0.314 e. The molecule has 1 heteroatoms. The maximum atomic E-state index is 3.62. The van der Waals surface area contributed by atoms with Gasteiger partial charge in [0.1, 0.15) is 0 Å². The highest BCUT2D eigenvalue weighted by Gasteiger charge is 2.42. The Hall–Kier alpha value is -0.820. The van der Waals surface area contributed by atoms with Gasteiger partial charge in [0.2, 0.25) is 0 Å². The second-order valence-electron chi connectivity index (χ2n) is 4.57. The lowest BCUT2D eigenvalue weighted by Crippen LogP contribution is -2.32. The molecular weight excluding hydrogens is 170 g/mol. The van der Waals surface area contributed by atoms with E-state index < -0.39 is 0 Å². The molecule has 74 valence electrons. The molecule has 0 amide bonds. The Morgan fingerprint density at radius 2 is 2.00 bits per heavy atom. The second kappa shape index (κ2) is 3.09. The zero-order valence-corrected chi connectivity index (χ0v) is 8.66. The van der Waals surface area contributed by atoms with E-state index in [9.17, 15) is 0 Å². The predicted octanol–water partition coefficient (Wildman–Crippen LogP) is 2.64. The van der Waals surface area contributed by atoms with Crippen molar-refractivity contribution >= 4 is 0 Å². The number of benzene rings is 1. The fourth-order valence-electron chi connectivity index (χ4n) is 3.34. The fraction of sp³-hybridized carbons (Fsp3) is 0.538. The maximum Gasteiger partial charge on any atom is 0.0142 e. The van der Waals surface area contributed by atoms with Gasteiger partial charge in [0, 0.05) is 12.0 Å². The van der Waals surface area contributed by atoms with Crippen LogP contribution in [0.15, 0.2) is 24.3 Å². The van der Waals surface area contributed by atoms with Crippen LogP contribution in [0.3, 0.4) is 0 Å². The Labute approximate surface area is 85.5 Å². The quantitative estimate of drug-likeness (QED) is 0.750. The van der Waals surface area contributed by atoms with E-state index in [4.69, 9.17) is 0 Å². The molecule has 1 N–H and O–H groups in total. The molecule has 0 spiro atoms. The number of hydrogen-bond donors (Lipinski definition) is 1. The monoisotopic (exact) mass is 187 g/mol. The van der Waals surface area contributed by atoms with Crippen molar-refractivity contribution in [3.8, 4) is 0 Å². The highest BCUT2D eigenvalue weighted by molar-refractivity contribution is 5.42. The molecule has 2 aliphatic rings. The molecule has 14 heavy (non-hydrogen) atoms. The number of nitrogens with one attached hydrogen (secondary N) is 1. The topological polar surface area (TPSA) is 12.0 Å². The smallest absolute Gasteiger partial charge is 0.0142 e. The van der Waals surface area contributed by atoms with Crippen molar-refractivity contribution in [1.29, 1.82) is 0 Å². The SMILES string of the molecule is CCN[C@@H]1C[C@H]2C[C@@H]1c1ccccc12. The van der Waals surface area contributed by atoms with Crippen LogP contribution in [0.25, 0.3) is 0 Å². The lowest BCUT2D eigenvalue weighted by molar-refractivity contribution is 0.479. The van der Waals surface area contributed by atoms with Crippen LogP contribution >= 0.6 is 0 Å². The van der Waals surface area contributed by atoms with Gasteiger partial charge in [0.25, 0.3) is 0 Å². The molecule has 2 aliphatic carbocycles. The van der Waals surface area contributed by atoms with Crippen LogP contribution in [0.4, 0.5) is 0 Å². The van der Waals surface area contributed by atoms with Crippen LogP contribution in [0.2, 0.25) is 0 Å². The summed E-state index contributed by atoms with van der Waals surface area (Å²) in [6.07, 6.45) is 2.74. The molecule has 3 rings (SSSR count). The van der Waals surface area contributed by atoms with Crippen LogP contribution in [0.5, 0.6) is 0 Å². The highest BCUT2D eigenvalue weighted by Crippen LogP contribution is 2.52. The van der Waals surface area contributed by atoms with E-state index >= 15 is 0 Å². The first kappa shape index (κ1) is 8.49. The molecule has 3 atom stereocenters. The summed E-state index contributed by atoms with van der Waals surface area (Å²) in [7, 11) is 0. The van der Waals surface area contributed by atoms with Gasteiger partial charge in [0.15, 0.2) is 0 Å². The van der Waals surface area contributed by atoms with Crippen molar-refractivity contribution in [3.05, 3.63) is 35.4 Å². The van der Waals surface area contributed by atoms with Gasteiger partial charge in [-0.05, 0) is 36.4 Å². The third-order valence-electron chi connectivity index (χ3n) is 3.86. The van der Waals surface area contributed by atoms with Crippen molar-refractivity contribution in [2.45, 2.75) is 37.6 Å². The number of hydrogen-bond acceptors (Lipinski definition) is 1. The van der Waals surface area contributed by atoms with Crippen molar-refractivity contribution in [1.82, 2.24) is 5.32 Å². The van der Waals surface area contributed by atoms with Gasteiger partial charge in [-0.3, -0.25) is 0 Å². The van der Waals surface area contributed by atoms with Crippen molar-refractivity contribution in [2.24, 2.45) is 0 Å². The normalized spacial score (nSPS) is 33.4. The zero-order valence-electron chi connectivity index (χ0n) is 8.66. The van der Waals surface area contributed by atoms with Crippen LogP contribution in [-0.2, 0) is 0 Å². The highest BCUT2D eigenvalue weighted by atomic mass is 14.9. The van der Waals surface area contributed by atoms with Crippen molar-refractivity contribution < 1.29 is 0 Å². The maximum absolute atomic E-state index is 3.62. The van der Waals surface area contributed by atoms with Crippen LogP contribution in [0.1, 0.15) is 42.7 Å². The molecule has 1 aromatic rings. The number of fused-ring (bicyclic) bond motifs is 5. The molecule has 0 saturated heterocycles. The zero-order chi connectivity index (χ0) is 9.54. The first-order valence-electron chi connectivity index (χ1n) is 5.72. The minimum Gasteiger partial charge on any atom is -0.314 e. The molecule has 1 aromatic carbocycles. The summed E-state index contributed by atoms with van der Waals surface area (Å²) in [5, 5.41) is 3.62. The number of rotatable bonds is 2. The summed E-state index contributed by atoms with van der Waals surface area (Å²) in [5.74, 6) is 1.65. The third-order valence-corrected chi connectivity index (χ3v) is 3.86. The lowest BCUT2D eigenvalue weighted by atomic mass is 9.88. The van der Waals surface area contributed by atoms with E-state index in [2.05, 4.69) is 36.5 Å². The Bertz CT molecular complexity index is 345. The summed E-state index contributed by atoms with van der Waals surface area (Å²) >= 11 is 0. The first-order valence-corrected chi connectivity index (χ1v) is 5.72. The van der Waals surface area contributed by atoms with E-state index in [1.54, 1.807) is 11.1 Å². The molecule has 0 aromatic heterocycles. The Balaban J connectivity index is 1.94. The van der Waals surface area contributed by atoms with Gasteiger partial charge in [-0.25, -0.2) is 0 Å². The molecule has 2 bridgehead atoms. The molecule has 1 saturated carbocycles. The van der Waals surface area contributed by atoms with Crippen molar-refractivity contribution in [3.63, 3.8) is 0 Å². The number of likely N-dealkylation sites (N-methyl/N-ethyl adjacent to an activating group) is 1. The summed E-state index contributed by atoms with van der Waals surface area (Å²) in [5.41, 5.74) is 3.25. The van der Waals surface area contributed by atoms with Gasteiger partial charge in [-0.2, -0.15) is 0 Å². The average Bonchev–Trinajstić information content (AvgIpc) is 2.77. The van der Waals surface area contributed by atoms with Gasteiger partial charge < -0.3 is 5.32 Å². The molecular formula is C13H17N. The summed E-state index contributed by atoms with van der Waals surface area (Å²) in [6, 6.07) is 9.76.